The predicted molar refractivity (Wildman–Crippen MR) is 96.1 cm³/mol. The fraction of sp³-hybridized carbons (Fsp3) is 0.278. The average molecular weight is 366 g/mol. The van der Waals surface area contributed by atoms with E-state index in [2.05, 4.69) is 20.7 Å². The maximum atomic E-state index is 12.8. The third-order valence-electron chi connectivity index (χ3n) is 4.40. The molecule has 0 saturated heterocycles. The monoisotopic (exact) mass is 366 g/mol. The van der Waals surface area contributed by atoms with E-state index >= 15 is 0 Å². The van der Waals surface area contributed by atoms with Gasteiger partial charge in [-0.05, 0) is 38.0 Å². The molecule has 0 atom stereocenters. The normalized spacial score (nSPS) is 13.5. The van der Waals surface area contributed by atoms with Crippen molar-refractivity contribution < 1.29 is 14.7 Å². The summed E-state index contributed by atoms with van der Waals surface area (Å²) >= 11 is 0. The van der Waals surface area contributed by atoms with Crippen LogP contribution in [0.25, 0.3) is 5.69 Å². The third kappa shape index (κ3) is 3.43. The first kappa shape index (κ1) is 17.0. The largest absolute Gasteiger partial charge is 0.476 e. The number of carboxylic acid groups (broad SMARTS) is 1. The summed E-state index contributed by atoms with van der Waals surface area (Å²) in [7, 11) is 0. The number of aromatic carboxylic acids is 1. The standard InChI is InChI=1S/C18H18N6O3/c1-2-23-9-14(16(21-23)11-6-7-11)17(25)19-12-4-3-5-13(8-12)24-10-15(18(26)27)20-22-24/h3-5,8-11H,2,6-7H2,1H3,(H,19,25)(H,26,27). The first-order valence-corrected chi connectivity index (χ1v) is 8.70. The van der Waals surface area contributed by atoms with Crippen LogP contribution < -0.4 is 5.32 Å². The molecule has 9 heteroatoms. The third-order valence-corrected chi connectivity index (χ3v) is 4.40. The number of nitrogens with one attached hydrogen (secondary N) is 1. The number of nitrogens with zero attached hydrogens (tertiary/aromatic N) is 5. The van der Waals surface area contributed by atoms with Gasteiger partial charge >= 0.3 is 5.97 Å². The molecule has 9 nitrogen and oxygen atoms in total. The van der Waals surface area contributed by atoms with Gasteiger partial charge in [-0.15, -0.1) is 5.10 Å². The van der Waals surface area contributed by atoms with Gasteiger partial charge in [-0.3, -0.25) is 9.48 Å². The number of anilines is 1. The van der Waals surface area contributed by atoms with E-state index in [1.807, 2.05) is 6.92 Å². The number of hydrogen-bond acceptors (Lipinski definition) is 5. The van der Waals surface area contributed by atoms with Crippen LogP contribution in [0.5, 0.6) is 0 Å². The molecule has 1 fully saturated rings. The van der Waals surface area contributed by atoms with Gasteiger partial charge in [0.15, 0.2) is 5.69 Å². The Labute approximate surface area is 154 Å². The van der Waals surface area contributed by atoms with Gasteiger partial charge in [-0.25, -0.2) is 9.48 Å². The first-order valence-electron chi connectivity index (χ1n) is 8.70. The Kier molecular flexibility index (Phi) is 4.19. The lowest BCUT2D eigenvalue weighted by atomic mass is 10.1. The Bertz CT molecular complexity index is 1020. The minimum absolute atomic E-state index is 0.148. The van der Waals surface area contributed by atoms with Crippen molar-refractivity contribution in [1.29, 1.82) is 0 Å². The molecule has 1 aliphatic rings. The summed E-state index contributed by atoms with van der Waals surface area (Å²) < 4.78 is 3.13. The summed E-state index contributed by atoms with van der Waals surface area (Å²) in [5, 5.41) is 23.8. The second-order valence-electron chi connectivity index (χ2n) is 6.42. The highest BCUT2D eigenvalue weighted by Crippen LogP contribution is 2.40. The topological polar surface area (TPSA) is 115 Å². The smallest absolute Gasteiger partial charge is 0.358 e. The van der Waals surface area contributed by atoms with Crippen LogP contribution >= 0.6 is 0 Å². The van der Waals surface area contributed by atoms with Gasteiger partial charge in [-0.2, -0.15) is 5.10 Å². The van der Waals surface area contributed by atoms with E-state index in [1.165, 1.54) is 10.9 Å². The lowest BCUT2D eigenvalue weighted by Crippen LogP contribution is -2.13. The van der Waals surface area contributed by atoms with Crippen molar-refractivity contribution in [2.24, 2.45) is 0 Å². The van der Waals surface area contributed by atoms with Crippen LogP contribution in [0.1, 0.15) is 52.2 Å². The van der Waals surface area contributed by atoms with E-state index in [0.29, 0.717) is 29.4 Å². The van der Waals surface area contributed by atoms with Gasteiger partial charge in [0.2, 0.25) is 0 Å². The van der Waals surface area contributed by atoms with E-state index < -0.39 is 5.97 Å². The summed E-state index contributed by atoms with van der Waals surface area (Å²) in [6.07, 6.45) is 5.23. The SMILES string of the molecule is CCn1cc(C(=O)Nc2cccc(-n3cc(C(=O)O)nn3)c2)c(C2CC2)n1. The molecule has 2 heterocycles. The van der Waals surface area contributed by atoms with E-state index in [1.54, 1.807) is 35.1 Å². The van der Waals surface area contributed by atoms with Crippen LogP contribution in [0.4, 0.5) is 5.69 Å². The van der Waals surface area contributed by atoms with E-state index in [4.69, 9.17) is 5.11 Å². The number of aryl methyl sites for hydroxylation is 1. The van der Waals surface area contributed by atoms with Crippen molar-refractivity contribution in [2.45, 2.75) is 32.2 Å². The van der Waals surface area contributed by atoms with Crippen LogP contribution in [-0.4, -0.2) is 41.8 Å². The van der Waals surface area contributed by atoms with Gasteiger partial charge in [0.1, 0.15) is 0 Å². The summed E-state index contributed by atoms with van der Waals surface area (Å²) in [4.78, 5) is 23.7. The maximum Gasteiger partial charge on any atom is 0.358 e. The minimum atomic E-state index is -1.15. The van der Waals surface area contributed by atoms with Crippen molar-refractivity contribution in [3.8, 4) is 5.69 Å². The second-order valence-corrected chi connectivity index (χ2v) is 6.42. The van der Waals surface area contributed by atoms with Gasteiger partial charge < -0.3 is 10.4 Å². The number of rotatable bonds is 6. The molecule has 1 amide bonds. The molecule has 0 unspecified atom stereocenters. The number of aromatic nitrogens is 5. The summed E-state index contributed by atoms with van der Waals surface area (Å²) in [5.74, 6) is -0.987. The number of carboxylic acids is 1. The van der Waals surface area contributed by atoms with Gasteiger partial charge in [0.05, 0.1) is 23.1 Å². The number of hydrogen-bond donors (Lipinski definition) is 2. The number of amides is 1. The highest BCUT2D eigenvalue weighted by Gasteiger charge is 2.31. The predicted octanol–water partition coefficient (Wildman–Crippen LogP) is 2.31. The van der Waals surface area contributed by atoms with Crippen molar-refractivity contribution in [3.05, 3.63) is 53.6 Å². The molecule has 0 radical (unpaired) electrons. The molecule has 2 aromatic heterocycles. The summed E-state index contributed by atoms with van der Waals surface area (Å²) in [6, 6.07) is 6.97. The Morgan fingerprint density at radius 2 is 2.11 bits per heavy atom. The Morgan fingerprint density at radius 3 is 2.78 bits per heavy atom. The molecular formula is C18H18N6O3. The zero-order valence-corrected chi connectivity index (χ0v) is 14.7. The van der Waals surface area contributed by atoms with Crippen LogP contribution in [0.2, 0.25) is 0 Å². The number of carbonyl (C=O) groups excluding carboxylic acids is 1. The molecule has 3 aromatic rings. The zero-order chi connectivity index (χ0) is 19.0. The fourth-order valence-corrected chi connectivity index (χ4v) is 2.84. The quantitative estimate of drug-likeness (QED) is 0.692. The van der Waals surface area contributed by atoms with Crippen molar-refractivity contribution in [3.63, 3.8) is 0 Å². The average Bonchev–Trinajstić information content (AvgIpc) is 3.22. The Morgan fingerprint density at radius 1 is 1.30 bits per heavy atom. The first-order chi connectivity index (χ1) is 13.0. The maximum absolute atomic E-state index is 12.8. The summed E-state index contributed by atoms with van der Waals surface area (Å²) in [5.41, 5.74) is 2.48. The van der Waals surface area contributed by atoms with Crippen LogP contribution in [0.3, 0.4) is 0 Å². The molecule has 27 heavy (non-hydrogen) atoms. The molecule has 0 spiro atoms. The molecule has 0 aliphatic heterocycles. The molecule has 1 saturated carbocycles. The summed E-state index contributed by atoms with van der Waals surface area (Å²) in [6.45, 7) is 2.69. The minimum Gasteiger partial charge on any atom is -0.476 e. The fourth-order valence-electron chi connectivity index (χ4n) is 2.84. The molecule has 2 N–H and O–H groups in total. The molecular weight excluding hydrogens is 348 g/mol. The van der Waals surface area contributed by atoms with Crippen LogP contribution in [-0.2, 0) is 6.54 Å². The van der Waals surface area contributed by atoms with Gasteiger partial charge in [0.25, 0.3) is 5.91 Å². The number of benzene rings is 1. The highest BCUT2D eigenvalue weighted by molar-refractivity contribution is 6.05. The van der Waals surface area contributed by atoms with E-state index in [0.717, 1.165) is 18.5 Å². The number of carbonyl (C=O) groups is 2. The van der Waals surface area contributed by atoms with Crippen molar-refractivity contribution in [1.82, 2.24) is 24.8 Å². The second kappa shape index (κ2) is 6.67. The van der Waals surface area contributed by atoms with E-state index in [9.17, 15) is 9.59 Å². The van der Waals surface area contributed by atoms with Crippen LogP contribution in [0.15, 0.2) is 36.7 Å². The van der Waals surface area contributed by atoms with Crippen LogP contribution in [0, 0.1) is 0 Å². The zero-order valence-electron chi connectivity index (χ0n) is 14.7. The van der Waals surface area contributed by atoms with E-state index in [-0.39, 0.29) is 11.6 Å². The van der Waals surface area contributed by atoms with Crippen molar-refractivity contribution in [2.75, 3.05) is 5.32 Å². The molecule has 1 aromatic carbocycles. The molecule has 4 rings (SSSR count). The van der Waals surface area contributed by atoms with Gasteiger partial charge in [0, 0.05) is 24.3 Å². The lowest BCUT2D eigenvalue weighted by Gasteiger charge is -2.07. The Balaban J connectivity index is 1.57. The molecule has 0 bridgehead atoms. The molecule has 1 aliphatic carbocycles. The van der Waals surface area contributed by atoms with Crippen molar-refractivity contribution >= 4 is 17.6 Å². The Hall–Kier alpha value is -3.49. The van der Waals surface area contributed by atoms with Gasteiger partial charge in [-0.1, -0.05) is 11.3 Å². The lowest BCUT2D eigenvalue weighted by molar-refractivity contribution is 0.0690. The molecule has 138 valence electrons. The highest BCUT2D eigenvalue weighted by atomic mass is 16.4.